The SMILES string of the molecule is Cc1cc(C#N)ccc1CSC(=N)N. The number of rotatable bonds is 2. The highest BCUT2D eigenvalue weighted by molar-refractivity contribution is 8.13. The normalized spacial score (nSPS) is 9.43. The molecule has 0 aliphatic carbocycles. The molecule has 14 heavy (non-hydrogen) atoms. The first-order valence-electron chi connectivity index (χ1n) is 4.10. The van der Waals surface area contributed by atoms with Gasteiger partial charge in [0.2, 0.25) is 0 Å². The van der Waals surface area contributed by atoms with Gasteiger partial charge in [0.05, 0.1) is 11.6 Å². The maximum Gasteiger partial charge on any atom is 0.151 e. The van der Waals surface area contributed by atoms with Crippen molar-refractivity contribution >= 4 is 16.9 Å². The number of hydrogen-bond donors (Lipinski definition) is 2. The van der Waals surface area contributed by atoms with E-state index in [-0.39, 0.29) is 5.17 Å². The molecular formula is C10H11N3S. The molecular weight excluding hydrogens is 194 g/mol. The van der Waals surface area contributed by atoms with Crippen molar-refractivity contribution in [2.75, 3.05) is 0 Å². The summed E-state index contributed by atoms with van der Waals surface area (Å²) in [4.78, 5) is 0. The number of nitrogens with two attached hydrogens (primary N) is 1. The average Bonchev–Trinajstić information content (AvgIpc) is 2.15. The van der Waals surface area contributed by atoms with Crippen LogP contribution >= 0.6 is 11.8 Å². The van der Waals surface area contributed by atoms with Crippen LogP contribution in [-0.4, -0.2) is 5.17 Å². The molecule has 0 atom stereocenters. The van der Waals surface area contributed by atoms with Gasteiger partial charge in [-0.3, -0.25) is 5.41 Å². The third kappa shape index (κ3) is 2.79. The van der Waals surface area contributed by atoms with E-state index in [9.17, 15) is 0 Å². The van der Waals surface area contributed by atoms with Crippen LogP contribution in [0.4, 0.5) is 0 Å². The van der Waals surface area contributed by atoms with Crippen LogP contribution in [-0.2, 0) is 5.75 Å². The zero-order chi connectivity index (χ0) is 10.6. The lowest BCUT2D eigenvalue weighted by Crippen LogP contribution is -2.04. The van der Waals surface area contributed by atoms with Crippen LogP contribution < -0.4 is 5.73 Å². The largest absolute Gasteiger partial charge is 0.379 e. The summed E-state index contributed by atoms with van der Waals surface area (Å²) in [5.41, 5.74) is 8.09. The minimum atomic E-state index is 0.119. The van der Waals surface area contributed by atoms with E-state index >= 15 is 0 Å². The van der Waals surface area contributed by atoms with Gasteiger partial charge in [-0.05, 0) is 30.2 Å². The minimum Gasteiger partial charge on any atom is -0.379 e. The molecule has 0 radical (unpaired) electrons. The highest BCUT2D eigenvalue weighted by Crippen LogP contribution is 2.16. The van der Waals surface area contributed by atoms with Crippen LogP contribution in [0.15, 0.2) is 18.2 Å². The molecule has 0 spiro atoms. The summed E-state index contributed by atoms with van der Waals surface area (Å²) in [7, 11) is 0. The van der Waals surface area contributed by atoms with Crippen LogP contribution in [0.2, 0.25) is 0 Å². The van der Waals surface area contributed by atoms with Gasteiger partial charge >= 0.3 is 0 Å². The summed E-state index contributed by atoms with van der Waals surface area (Å²) < 4.78 is 0. The summed E-state index contributed by atoms with van der Waals surface area (Å²) in [5.74, 6) is 0.687. The second-order valence-electron chi connectivity index (χ2n) is 2.91. The Morgan fingerprint density at radius 1 is 1.64 bits per heavy atom. The van der Waals surface area contributed by atoms with E-state index in [1.165, 1.54) is 11.8 Å². The Morgan fingerprint density at radius 3 is 2.86 bits per heavy atom. The molecule has 0 saturated carbocycles. The van der Waals surface area contributed by atoms with E-state index in [1.54, 1.807) is 6.07 Å². The van der Waals surface area contributed by atoms with E-state index in [2.05, 4.69) is 6.07 Å². The van der Waals surface area contributed by atoms with Crippen molar-refractivity contribution in [1.29, 1.82) is 10.7 Å². The van der Waals surface area contributed by atoms with Gasteiger partial charge in [-0.1, -0.05) is 17.8 Å². The molecule has 1 rings (SSSR count). The zero-order valence-electron chi connectivity index (χ0n) is 7.87. The van der Waals surface area contributed by atoms with E-state index in [0.717, 1.165) is 11.1 Å². The third-order valence-electron chi connectivity index (χ3n) is 1.85. The molecule has 0 bridgehead atoms. The first-order valence-corrected chi connectivity index (χ1v) is 5.08. The second kappa shape index (κ2) is 4.68. The van der Waals surface area contributed by atoms with Gasteiger partial charge in [0.15, 0.2) is 5.17 Å². The van der Waals surface area contributed by atoms with Gasteiger partial charge in [0.1, 0.15) is 0 Å². The fraction of sp³-hybridized carbons (Fsp3) is 0.200. The molecule has 0 unspecified atom stereocenters. The molecule has 0 amide bonds. The summed E-state index contributed by atoms with van der Waals surface area (Å²) >= 11 is 1.29. The number of benzene rings is 1. The van der Waals surface area contributed by atoms with Crippen LogP contribution in [0.5, 0.6) is 0 Å². The summed E-state index contributed by atoms with van der Waals surface area (Å²) in [6.45, 7) is 1.96. The van der Waals surface area contributed by atoms with E-state index in [1.807, 2.05) is 19.1 Å². The number of nitrogens with zero attached hydrogens (tertiary/aromatic N) is 1. The molecule has 0 aliphatic heterocycles. The van der Waals surface area contributed by atoms with Gasteiger partial charge < -0.3 is 5.73 Å². The van der Waals surface area contributed by atoms with Gasteiger partial charge in [-0.15, -0.1) is 0 Å². The van der Waals surface area contributed by atoms with Gasteiger partial charge in [0, 0.05) is 5.75 Å². The number of thioether (sulfide) groups is 1. The average molecular weight is 205 g/mol. The Balaban J connectivity index is 2.80. The van der Waals surface area contributed by atoms with E-state index < -0.39 is 0 Å². The van der Waals surface area contributed by atoms with Crippen molar-refractivity contribution in [3.8, 4) is 6.07 Å². The molecule has 0 aromatic heterocycles. The fourth-order valence-corrected chi connectivity index (χ4v) is 1.72. The van der Waals surface area contributed by atoms with Crippen LogP contribution in [0, 0.1) is 23.7 Å². The Morgan fingerprint density at radius 2 is 2.36 bits per heavy atom. The zero-order valence-corrected chi connectivity index (χ0v) is 8.69. The molecule has 1 aromatic rings. The minimum absolute atomic E-state index is 0.119. The van der Waals surface area contributed by atoms with Gasteiger partial charge in [-0.2, -0.15) is 5.26 Å². The smallest absolute Gasteiger partial charge is 0.151 e. The van der Waals surface area contributed by atoms with Crippen molar-refractivity contribution in [3.05, 3.63) is 34.9 Å². The van der Waals surface area contributed by atoms with Crippen LogP contribution in [0.1, 0.15) is 16.7 Å². The van der Waals surface area contributed by atoms with Gasteiger partial charge in [0.25, 0.3) is 0 Å². The number of nitrogens with one attached hydrogen (secondary N) is 1. The highest BCUT2D eigenvalue weighted by Gasteiger charge is 2.00. The lowest BCUT2D eigenvalue weighted by molar-refractivity contribution is 1.30. The Bertz CT molecular complexity index is 393. The molecule has 0 aliphatic rings. The Hall–Kier alpha value is -1.47. The maximum atomic E-state index is 8.66. The monoisotopic (exact) mass is 205 g/mol. The molecule has 0 heterocycles. The van der Waals surface area contributed by atoms with Crippen LogP contribution in [0.3, 0.4) is 0 Å². The Labute approximate surface area is 87.4 Å². The molecule has 3 nitrogen and oxygen atoms in total. The fourth-order valence-electron chi connectivity index (χ4n) is 1.08. The van der Waals surface area contributed by atoms with Crippen LogP contribution in [0.25, 0.3) is 0 Å². The predicted octanol–water partition coefficient (Wildman–Crippen LogP) is 1.99. The van der Waals surface area contributed by atoms with Crippen molar-refractivity contribution < 1.29 is 0 Å². The number of aryl methyl sites for hydroxylation is 1. The first kappa shape index (κ1) is 10.6. The lowest BCUT2D eigenvalue weighted by Gasteiger charge is -2.04. The first-order chi connectivity index (χ1) is 6.63. The third-order valence-corrected chi connectivity index (χ3v) is 2.62. The predicted molar refractivity (Wildman–Crippen MR) is 59.1 cm³/mol. The number of amidine groups is 1. The van der Waals surface area contributed by atoms with Crippen molar-refractivity contribution in [2.45, 2.75) is 12.7 Å². The summed E-state index contributed by atoms with van der Waals surface area (Å²) in [6, 6.07) is 7.62. The quantitative estimate of drug-likeness (QED) is 0.572. The number of hydrogen-bond acceptors (Lipinski definition) is 3. The van der Waals surface area contributed by atoms with Gasteiger partial charge in [-0.25, -0.2) is 0 Å². The molecule has 3 N–H and O–H groups in total. The van der Waals surface area contributed by atoms with Crippen molar-refractivity contribution in [1.82, 2.24) is 0 Å². The second-order valence-corrected chi connectivity index (χ2v) is 3.92. The topological polar surface area (TPSA) is 73.7 Å². The number of nitriles is 1. The summed E-state index contributed by atoms with van der Waals surface area (Å²) in [5, 5.41) is 15.9. The molecule has 1 aromatic carbocycles. The van der Waals surface area contributed by atoms with Crippen molar-refractivity contribution in [3.63, 3.8) is 0 Å². The van der Waals surface area contributed by atoms with E-state index in [4.69, 9.17) is 16.4 Å². The molecule has 4 heteroatoms. The highest BCUT2D eigenvalue weighted by atomic mass is 32.2. The Kier molecular flexibility index (Phi) is 3.55. The standard InChI is InChI=1S/C10H11N3S/c1-7-4-8(5-11)2-3-9(7)6-14-10(12)13/h2-4H,6H2,1H3,(H3,12,13). The maximum absolute atomic E-state index is 8.66. The molecule has 0 fully saturated rings. The summed E-state index contributed by atoms with van der Waals surface area (Å²) in [6.07, 6.45) is 0. The van der Waals surface area contributed by atoms with Crippen molar-refractivity contribution in [2.24, 2.45) is 5.73 Å². The molecule has 0 saturated heterocycles. The van der Waals surface area contributed by atoms with E-state index in [0.29, 0.717) is 11.3 Å². The lowest BCUT2D eigenvalue weighted by atomic mass is 10.1. The molecule has 72 valence electrons.